The molecule has 21 heavy (non-hydrogen) atoms. The molecule has 1 aromatic heterocycles. The van der Waals surface area contributed by atoms with Crippen molar-refractivity contribution in [2.75, 3.05) is 13.1 Å². The van der Waals surface area contributed by atoms with Gasteiger partial charge in [-0.2, -0.15) is 0 Å². The van der Waals surface area contributed by atoms with Crippen molar-refractivity contribution in [1.82, 2.24) is 14.5 Å². The number of fused-ring (bicyclic) bond motifs is 1. The van der Waals surface area contributed by atoms with Crippen LogP contribution in [0.15, 0.2) is 12.1 Å². The molecule has 114 valence electrons. The fraction of sp³-hybridized carbons (Fsp3) is 0.533. The Morgan fingerprint density at radius 2 is 2.19 bits per heavy atom. The second-order valence-corrected chi connectivity index (χ2v) is 6.10. The summed E-state index contributed by atoms with van der Waals surface area (Å²) in [7, 11) is 0. The third kappa shape index (κ3) is 3.03. The molecule has 1 heterocycles. The average molecular weight is 330 g/mol. The Morgan fingerprint density at radius 1 is 1.43 bits per heavy atom. The fourth-order valence-electron chi connectivity index (χ4n) is 2.79. The summed E-state index contributed by atoms with van der Waals surface area (Å²) in [5.74, 6) is 0.631. The van der Waals surface area contributed by atoms with E-state index >= 15 is 0 Å². The van der Waals surface area contributed by atoms with Crippen LogP contribution in [0.25, 0.3) is 11.0 Å². The smallest absolute Gasteiger partial charge is 0.144 e. The zero-order valence-corrected chi connectivity index (χ0v) is 13.5. The summed E-state index contributed by atoms with van der Waals surface area (Å²) in [6, 6.07) is 3.75. The topological polar surface area (TPSA) is 21.1 Å². The highest BCUT2D eigenvalue weighted by Crippen LogP contribution is 2.28. The highest BCUT2D eigenvalue weighted by molar-refractivity contribution is 6.31. The molecule has 0 unspecified atom stereocenters. The number of nitrogens with zero attached hydrogens (tertiary/aromatic N) is 3. The first kappa shape index (κ1) is 15.1. The highest BCUT2D eigenvalue weighted by atomic mass is 35.5. The number of alkyl halides is 1. The van der Waals surface area contributed by atoms with Crippen LogP contribution in [-0.4, -0.2) is 33.6 Å². The van der Waals surface area contributed by atoms with Gasteiger partial charge in [0.15, 0.2) is 0 Å². The molecular weight excluding hydrogens is 312 g/mol. The second kappa shape index (κ2) is 6.11. The Kier molecular flexibility index (Phi) is 4.38. The Hall–Kier alpha value is -0.840. The molecule has 1 aliphatic rings. The molecule has 0 amide bonds. The van der Waals surface area contributed by atoms with Crippen LogP contribution in [0, 0.1) is 5.82 Å². The van der Waals surface area contributed by atoms with Crippen LogP contribution in [0.5, 0.6) is 0 Å². The third-order valence-corrected chi connectivity index (χ3v) is 4.60. The zero-order chi connectivity index (χ0) is 15.0. The van der Waals surface area contributed by atoms with Crippen molar-refractivity contribution in [2.24, 2.45) is 0 Å². The highest BCUT2D eigenvalue weighted by Gasteiger charge is 2.27. The van der Waals surface area contributed by atoms with Crippen molar-refractivity contribution in [3.8, 4) is 0 Å². The maximum Gasteiger partial charge on any atom is 0.144 e. The second-order valence-electron chi connectivity index (χ2n) is 5.43. The molecule has 0 radical (unpaired) electrons. The van der Waals surface area contributed by atoms with Crippen molar-refractivity contribution >= 4 is 34.2 Å². The molecule has 0 aliphatic heterocycles. The largest absolute Gasteiger partial charge is 0.326 e. The van der Waals surface area contributed by atoms with Crippen molar-refractivity contribution in [1.29, 1.82) is 0 Å². The monoisotopic (exact) mass is 329 g/mol. The average Bonchev–Trinajstić information content (AvgIpc) is 3.25. The molecule has 0 N–H and O–H groups in total. The van der Waals surface area contributed by atoms with E-state index in [1.54, 1.807) is 6.07 Å². The van der Waals surface area contributed by atoms with E-state index in [1.807, 2.05) is 0 Å². The first-order valence-electron chi connectivity index (χ1n) is 7.28. The van der Waals surface area contributed by atoms with Gasteiger partial charge in [-0.15, -0.1) is 11.6 Å². The summed E-state index contributed by atoms with van der Waals surface area (Å²) in [4.78, 5) is 6.88. The lowest BCUT2D eigenvalue weighted by molar-refractivity contribution is 0.266. The molecule has 6 heteroatoms. The molecule has 0 atom stereocenters. The van der Waals surface area contributed by atoms with Crippen molar-refractivity contribution in [2.45, 2.75) is 38.2 Å². The number of benzene rings is 1. The number of aromatic nitrogens is 2. The third-order valence-electron chi connectivity index (χ3n) is 4.07. The van der Waals surface area contributed by atoms with Gasteiger partial charge in [-0.05, 0) is 25.5 Å². The lowest BCUT2D eigenvalue weighted by atomic mass is 10.3. The maximum atomic E-state index is 13.6. The Balaban J connectivity index is 1.90. The maximum absolute atomic E-state index is 13.6. The molecule has 2 aromatic rings. The number of hydrogen-bond acceptors (Lipinski definition) is 2. The molecule has 0 bridgehead atoms. The molecule has 3 nitrogen and oxygen atoms in total. The van der Waals surface area contributed by atoms with Gasteiger partial charge < -0.3 is 4.57 Å². The van der Waals surface area contributed by atoms with Crippen LogP contribution >= 0.6 is 23.2 Å². The summed E-state index contributed by atoms with van der Waals surface area (Å²) in [5.41, 5.74) is 1.46. The van der Waals surface area contributed by atoms with E-state index in [2.05, 4.69) is 21.4 Å². The predicted octanol–water partition coefficient (Wildman–Crippen LogP) is 4.05. The SMILES string of the molecule is CCN(CCn1c(CCl)nc2cc(F)c(Cl)cc21)C1CC1. The summed E-state index contributed by atoms with van der Waals surface area (Å²) in [5, 5.41) is 0.124. The minimum absolute atomic E-state index is 0.124. The van der Waals surface area contributed by atoms with Crippen LogP contribution in [0.2, 0.25) is 5.02 Å². The molecule has 3 rings (SSSR count). The number of halogens is 3. The van der Waals surface area contributed by atoms with Gasteiger partial charge in [0, 0.05) is 25.2 Å². The Morgan fingerprint density at radius 3 is 2.81 bits per heavy atom. The number of likely N-dealkylation sites (N-methyl/N-ethyl adjacent to an activating group) is 1. The Bertz CT molecular complexity index is 652. The van der Waals surface area contributed by atoms with E-state index in [9.17, 15) is 4.39 Å². The van der Waals surface area contributed by atoms with Crippen molar-refractivity contribution in [3.05, 3.63) is 28.8 Å². The van der Waals surface area contributed by atoms with Gasteiger partial charge in [0.05, 0.1) is 21.9 Å². The van der Waals surface area contributed by atoms with E-state index in [4.69, 9.17) is 23.2 Å². The van der Waals surface area contributed by atoms with E-state index in [0.29, 0.717) is 11.4 Å². The van der Waals surface area contributed by atoms with Crippen LogP contribution in [0.3, 0.4) is 0 Å². The molecule has 1 aromatic carbocycles. The van der Waals surface area contributed by atoms with Crippen LogP contribution in [0.1, 0.15) is 25.6 Å². The first-order valence-corrected chi connectivity index (χ1v) is 8.19. The van der Waals surface area contributed by atoms with E-state index in [-0.39, 0.29) is 5.02 Å². The normalized spacial score (nSPS) is 15.3. The lowest BCUT2D eigenvalue weighted by Gasteiger charge is -2.20. The van der Waals surface area contributed by atoms with Crippen LogP contribution < -0.4 is 0 Å². The summed E-state index contributed by atoms with van der Waals surface area (Å²) in [6.07, 6.45) is 2.58. The molecule has 1 fully saturated rings. The quantitative estimate of drug-likeness (QED) is 0.745. The summed E-state index contributed by atoms with van der Waals surface area (Å²) in [6.45, 7) is 4.97. The van der Waals surface area contributed by atoms with Crippen LogP contribution in [-0.2, 0) is 12.4 Å². The molecular formula is C15H18Cl2FN3. The standard InChI is InChI=1S/C15H18Cl2FN3/c1-2-20(10-3-4-10)5-6-21-14-7-11(17)12(18)8-13(14)19-15(21)9-16/h7-8,10H,2-6,9H2,1H3. The van der Waals surface area contributed by atoms with E-state index in [0.717, 1.165) is 37.0 Å². The van der Waals surface area contributed by atoms with Crippen molar-refractivity contribution in [3.63, 3.8) is 0 Å². The van der Waals surface area contributed by atoms with Gasteiger partial charge in [-0.1, -0.05) is 18.5 Å². The van der Waals surface area contributed by atoms with E-state index < -0.39 is 5.82 Å². The fourth-order valence-corrected chi connectivity index (χ4v) is 3.15. The molecule has 1 aliphatic carbocycles. The minimum atomic E-state index is -0.442. The van der Waals surface area contributed by atoms with E-state index in [1.165, 1.54) is 18.9 Å². The predicted molar refractivity (Wildman–Crippen MR) is 84.5 cm³/mol. The number of imidazole rings is 1. The molecule has 0 spiro atoms. The number of hydrogen-bond donors (Lipinski definition) is 0. The van der Waals surface area contributed by atoms with Crippen molar-refractivity contribution < 1.29 is 4.39 Å². The van der Waals surface area contributed by atoms with Gasteiger partial charge in [0.2, 0.25) is 0 Å². The summed E-state index contributed by atoms with van der Waals surface area (Å²) >= 11 is 11.9. The minimum Gasteiger partial charge on any atom is -0.326 e. The van der Waals surface area contributed by atoms with Gasteiger partial charge in [-0.25, -0.2) is 9.37 Å². The van der Waals surface area contributed by atoms with Gasteiger partial charge in [-0.3, -0.25) is 4.90 Å². The van der Waals surface area contributed by atoms with Gasteiger partial charge in [0.25, 0.3) is 0 Å². The Labute approximate surface area is 133 Å². The van der Waals surface area contributed by atoms with Gasteiger partial charge in [0.1, 0.15) is 11.6 Å². The number of rotatable bonds is 6. The lowest BCUT2D eigenvalue weighted by Crippen LogP contribution is -2.29. The molecule has 0 saturated heterocycles. The zero-order valence-electron chi connectivity index (χ0n) is 12.0. The summed E-state index contributed by atoms with van der Waals surface area (Å²) < 4.78 is 15.6. The van der Waals surface area contributed by atoms with Gasteiger partial charge >= 0.3 is 0 Å². The molecule has 1 saturated carbocycles. The first-order chi connectivity index (χ1) is 10.1. The van der Waals surface area contributed by atoms with Crippen LogP contribution in [0.4, 0.5) is 4.39 Å².